The van der Waals surface area contributed by atoms with Crippen LogP contribution in [0.25, 0.3) is 0 Å². The average Bonchev–Trinajstić information content (AvgIpc) is 2.76. The molecule has 0 aromatic heterocycles. The number of hydrogen-bond donors (Lipinski definition) is 2. The van der Waals surface area contributed by atoms with E-state index < -0.39 is 0 Å². The highest BCUT2D eigenvalue weighted by Gasteiger charge is 2.34. The second kappa shape index (κ2) is 11.0. The third-order valence-corrected chi connectivity index (χ3v) is 5.55. The molecule has 0 spiro atoms. The molecular formula is C25H31NO3. The molecule has 3 rings (SSSR count). The summed E-state index contributed by atoms with van der Waals surface area (Å²) in [6.45, 7) is 3.74. The first kappa shape index (κ1) is 21.4. The fourth-order valence-corrected chi connectivity index (χ4v) is 3.93. The number of piperidine rings is 1. The van der Waals surface area contributed by atoms with Crippen LogP contribution in [0.5, 0.6) is 5.75 Å². The van der Waals surface area contributed by atoms with E-state index in [-0.39, 0.29) is 18.6 Å². The summed E-state index contributed by atoms with van der Waals surface area (Å²) in [7, 11) is 0. The van der Waals surface area contributed by atoms with E-state index in [0.29, 0.717) is 13.0 Å². The maximum Gasteiger partial charge on any atom is 0.119 e. The molecule has 1 fully saturated rings. The molecule has 0 bridgehead atoms. The largest absolute Gasteiger partial charge is 0.494 e. The van der Waals surface area contributed by atoms with E-state index in [2.05, 4.69) is 28.9 Å². The van der Waals surface area contributed by atoms with Crippen LogP contribution < -0.4 is 4.74 Å². The van der Waals surface area contributed by atoms with Crippen LogP contribution >= 0.6 is 0 Å². The lowest BCUT2D eigenvalue weighted by Gasteiger charge is -2.42. The molecular weight excluding hydrogens is 362 g/mol. The molecule has 2 aromatic rings. The molecule has 4 heteroatoms. The Hall–Kier alpha value is -2.32. The molecule has 1 aliphatic heterocycles. The maximum absolute atomic E-state index is 10.1. The van der Waals surface area contributed by atoms with Crippen molar-refractivity contribution in [3.63, 3.8) is 0 Å². The van der Waals surface area contributed by atoms with Gasteiger partial charge in [-0.25, -0.2) is 0 Å². The zero-order valence-corrected chi connectivity index (χ0v) is 17.0. The lowest BCUT2D eigenvalue weighted by atomic mass is 9.78. The summed E-state index contributed by atoms with van der Waals surface area (Å²) >= 11 is 0. The van der Waals surface area contributed by atoms with Gasteiger partial charge in [-0.1, -0.05) is 42.2 Å². The van der Waals surface area contributed by atoms with Gasteiger partial charge in [0.25, 0.3) is 0 Å². The Kier molecular flexibility index (Phi) is 8.13. The van der Waals surface area contributed by atoms with Crippen molar-refractivity contribution in [2.24, 2.45) is 5.41 Å². The molecule has 1 aliphatic rings. The SMILES string of the molecule is OCCC#Cc1ccc(CN2CCC[C@](CO)(CCOc3ccccc3)C2)cc1. The van der Waals surface area contributed by atoms with E-state index in [4.69, 9.17) is 9.84 Å². The van der Waals surface area contributed by atoms with E-state index in [0.717, 1.165) is 50.2 Å². The smallest absolute Gasteiger partial charge is 0.119 e. The highest BCUT2D eigenvalue weighted by molar-refractivity contribution is 5.36. The number of rotatable bonds is 8. The highest BCUT2D eigenvalue weighted by Crippen LogP contribution is 2.34. The highest BCUT2D eigenvalue weighted by atomic mass is 16.5. The van der Waals surface area contributed by atoms with Crippen molar-refractivity contribution in [2.45, 2.75) is 32.2 Å². The summed E-state index contributed by atoms with van der Waals surface area (Å²) in [5.74, 6) is 6.90. The Morgan fingerprint density at radius 3 is 2.55 bits per heavy atom. The van der Waals surface area contributed by atoms with Crippen LogP contribution in [0.4, 0.5) is 0 Å². The van der Waals surface area contributed by atoms with Gasteiger partial charge in [-0.15, -0.1) is 0 Å². The first-order valence-corrected chi connectivity index (χ1v) is 10.4. The lowest BCUT2D eigenvalue weighted by molar-refractivity contribution is 0.0128. The Balaban J connectivity index is 1.53. The van der Waals surface area contributed by atoms with Crippen LogP contribution in [0, 0.1) is 17.3 Å². The Bertz CT molecular complexity index is 794. The van der Waals surface area contributed by atoms with Crippen LogP contribution in [0.1, 0.15) is 36.8 Å². The van der Waals surface area contributed by atoms with Gasteiger partial charge in [-0.05, 0) is 55.6 Å². The quantitative estimate of drug-likeness (QED) is 0.675. The van der Waals surface area contributed by atoms with Crippen molar-refractivity contribution in [3.8, 4) is 17.6 Å². The van der Waals surface area contributed by atoms with Crippen LogP contribution in [-0.4, -0.2) is 48.0 Å². The van der Waals surface area contributed by atoms with Crippen molar-refractivity contribution in [3.05, 3.63) is 65.7 Å². The van der Waals surface area contributed by atoms with Gasteiger partial charge in [-0.3, -0.25) is 4.90 Å². The van der Waals surface area contributed by atoms with Crippen molar-refractivity contribution < 1.29 is 14.9 Å². The molecule has 0 unspecified atom stereocenters. The van der Waals surface area contributed by atoms with E-state index in [1.165, 1.54) is 5.56 Å². The lowest BCUT2D eigenvalue weighted by Crippen LogP contribution is -2.45. The van der Waals surface area contributed by atoms with Gasteiger partial charge in [0.2, 0.25) is 0 Å². The second-order valence-electron chi connectivity index (χ2n) is 7.86. The van der Waals surface area contributed by atoms with Gasteiger partial charge in [0, 0.05) is 30.5 Å². The van der Waals surface area contributed by atoms with E-state index in [1.807, 2.05) is 42.5 Å². The molecule has 0 amide bonds. The number of para-hydroxylation sites is 1. The number of benzene rings is 2. The van der Waals surface area contributed by atoms with Crippen molar-refractivity contribution in [2.75, 3.05) is 32.9 Å². The summed E-state index contributed by atoms with van der Waals surface area (Å²) in [5, 5.41) is 19.0. The van der Waals surface area contributed by atoms with Crippen LogP contribution in [-0.2, 0) is 6.54 Å². The predicted octanol–water partition coefficient (Wildman–Crippen LogP) is 3.46. The number of aliphatic hydroxyl groups is 2. The van der Waals surface area contributed by atoms with Gasteiger partial charge < -0.3 is 14.9 Å². The Morgan fingerprint density at radius 1 is 1.03 bits per heavy atom. The first-order chi connectivity index (χ1) is 14.2. The van der Waals surface area contributed by atoms with Crippen molar-refractivity contribution >= 4 is 0 Å². The van der Waals surface area contributed by atoms with Gasteiger partial charge in [-0.2, -0.15) is 0 Å². The van der Waals surface area contributed by atoms with Crippen LogP contribution in [0.3, 0.4) is 0 Å². The minimum atomic E-state index is -0.0945. The summed E-state index contributed by atoms with van der Waals surface area (Å²) in [6.07, 6.45) is 3.50. The van der Waals surface area contributed by atoms with E-state index in [9.17, 15) is 5.11 Å². The molecule has 29 heavy (non-hydrogen) atoms. The molecule has 0 aliphatic carbocycles. The van der Waals surface area contributed by atoms with Crippen LogP contribution in [0.15, 0.2) is 54.6 Å². The molecule has 2 N–H and O–H groups in total. The summed E-state index contributed by atoms with van der Waals surface area (Å²) < 4.78 is 5.88. The molecule has 1 heterocycles. The maximum atomic E-state index is 10.1. The third-order valence-electron chi connectivity index (χ3n) is 5.55. The van der Waals surface area contributed by atoms with Crippen molar-refractivity contribution in [1.82, 2.24) is 4.90 Å². The summed E-state index contributed by atoms with van der Waals surface area (Å²) in [4.78, 5) is 2.44. The summed E-state index contributed by atoms with van der Waals surface area (Å²) in [6, 6.07) is 18.2. The van der Waals surface area contributed by atoms with E-state index >= 15 is 0 Å². The van der Waals surface area contributed by atoms with Gasteiger partial charge >= 0.3 is 0 Å². The average molecular weight is 394 g/mol. The predicted molar refractivity (Wildman–Crippen MR) is 116 cm³/mol. The van der Waals surface area contributed by atoms with Crippen molar-refractivity contribution in [1.29, 1.82) is 0 Å². The van der Waals surface area contributed by atoms with Gasteiger partial charge in [0.15, 0.2) is 0 Å². The number of hydrogen-bond acceptors (Lipinski definition) is 4. The number of aliphatic hydroxyl groups excluding tert-OH is 2. The van der Waals surface area contributed by atoms with Crippen LogP contribution in [0.2, 0.25) is 0 Å². The molecule has 2 aromatic carbocycles. The Labute approximate surface area is 174 Å². The minimum Gasteiger partial charge on any atom is -0.494 e. The molecule has 0 radical (unpaired) electrons. The van der Waals surface area contributed by atoms with Gasteiger partial charge in [0.05, 0.1) is 19.8 Å². The number of nitrogens with zero attached hydrogens (tertiary/aromatic N) is 1. The molecule has 0 saturated carbocycles. The number of likely N-dealkylation sites (tertiary alicyclic amines) is 1. The number of ether oxygens (including phenoxy) is 1. The zero-order valence-electron chi connectivity index (χ0n) is 17.0. The first-order valence-electron chi connectivity index (χ1n) is 10.4. The minimum absolute atomic E-state index is 0.0945. The zero-order chi connectivity index (χ0) is 20.4. The topological polar surface area (TPSA) is 52.9 Å². The molecule has 1 saturated heterocycles. The fraction of sp³-hybridized carbons (Fsp3) is 0.440. The molecule has 1 atom stereocenters. The Morgan fingerprint density at radius 2 is 1.83 bits per heavy atom. The molecule has 154 valence electrons. The fourth-order valence-electron chi connectivity index (χ4n) is 3.93. The summed E-state index contributed by atoms with van der Waals surface area (Å²) in [5.41, 5.74) is 2.14. The normalized spacial score (nSPS) is 19.4. The monoisotopic (exact) mass is 393 g/mol. The third kappa shape index (κ3) is 6.61. The van der Waals surface area contributed by atoms with E-state index in [1.54, 1.807) is 0 Å². The van der Waals surface area contributed by atoms with Gasteiger partial charge in [0.1, 0.15) is 5.75 Å². The second-order valence-corrected chi connectivity index (χ2v) is 7.86. The standard InChI is InChI=1S/C25H31NO3/c27-17-5-4-7-22-10-12-23(13-11-22)19-26-16-6-14-25(20-26,21-28)15-18-29-24-8-2-1-3-9-24/h1-3,8-13,27-28H,5-6,14-21H2/t25-/m0/s1. The molecule has 4 nitrogen and oxygen atoms in total.